The number of ether oxygens (including phenoxy) is 1. The fourth-order valence-corrected chi connectivity index (χ4v) is 2.84. The number of rotatable bonds is 5. The van der Waals surface area contributed by atoms with Gasteiger partial charge in [-0.25, -0.2) is 9.97 Å². The van der Waals surface area contributed by atoms with Crippen LogP contribution in [0.25, 0.3) is 0 Å². The molecule has 0 radical (unpaired) electrons. The molecule has 23 heavy (non-hydrogen) atoms. The van der Waals surface area contributed by atoms with E-state index in [0.29, 0.717) is 43.7 Å². The molecule has 7 heteroatoms. The molecular weight excluding hydrogens is 294 g/mol. The molecule has 1 unspecified atom stereocenters. The summed E-state index contributed by atoms with van der Waals surface area (Å²) in [5.74, 6) is 1.30. The highest BCUT2D eigenvalue weighted by Crippen LogP contribution is 2.28. The molecular formula is C16H21N5O2. The maximum absolute atomic E-state index is 12.3. The third kappa shape index (κ3) is 3.77. The molecule has 1 aliphatic heterocycles. The van der Waals surface area contributed by atoms with Crippen molar-refractivity contribution in [2.45, 2.75) is 25.8 Å². The normalized spacial score (nSPS) is 21.1. The number of carbonyl (C=O) groups excluding carboxylic acids is 1. The highest BCUT2D eigenvalue weighted by molar-refractivity contribution is 5.78. The van der Waals surface area contributed by atoms with Gasteiger partial charge < -0.3 is 14.5 Å². The van der Waals surface area contributed by atoms with Crippen LogP contribution in [0.4, 0.5) is 5.82 Å². The summed E-state index contributed by atoms with van der Waals surface area (Å²) < 4.78 is 5.50. The Bertz CT molecular complexity index is 611. The number of hydrogen-bond donors (Lipinski definition) is 0. The van der Waals surface area contributed by atoms with E-state index in [2.05, 4.69) is 16.0 Å². The SMILES string of the molecule is CC1CN(c2nccnc2C#N)CCN1C(=O)COCC1CC1. The second-order valence-electron chi connectivity index (χ2n) is 6.18. The Morgan fingerprint density at radius 1 is 1.39 bits per heavy atom. The number of nitrogens with zero attached hydrogens (tertiary/aromatic N) is 5. The Morgan fingerprint density at radius 2 is 2.17 bits per heavy atom. The number of hydrogen-bond acceptors (Lipinski definition) is 6. The van der Waals surface area contributed by atoms with Crippen LogP contribution >= 0.6 is 0 Å². The van der Waals surface area contributed by atoms with Crippen LogP contribution in [0.5, 0.6) is 0 Å². The lowest BCUT2D eigenvalue weighted by Crippen LogP contribution is -2.55. The minimum absolute atomic E-state index is 0.0393. The molecule has 122 valence electrons. The van der Waals surface area contributed by atoms with Crippen LogP contribution in [-0.2, 0) is 9.53 Å². The maximum Gasteiger partial charge on any atom is 0.248 e. The Morgan fingerprint density at radius 3 is 2.87 bits per heavy atom. The summed E-state index contributed by atoms with van der Waals surface area (Å²) in [4.78, 5) is 24.5. The summed E-state index contributed by atoms with van der Waals surface area (Å²) in [6.07, 6.45) is 5.55. The summed E-state index contributed by atoms with van der Waals surface area (Å²) in [6, 6.07) is 2.12. The highest BCUT2D eigenvalue weighted by atomic mass is 16.5. The molecule has 1 aliphatic carbocycles. The molecule has 0 N–H and O–H groups in total. The van der Waals surface area contributed by atoms with E-state index >= 15 is 0 Å². The maximum atomic E-state index is 12.3. The van der Waals surface area contributed by atoms with Gasteiger partial charge >= 0.3 is 0 Å². The standard InChI is InChI=1S/C16H21N5O2/c1-12-9-20(16-14(8-17)18-4-5-19-16)6-7-21(12)15(22)11-23-10-13-2-3-13/h4-5,12-13H,2-3,6-7,9-11H2,1H3. The predicted octanol–water partition coefficient (Wildman–Crippen LogP) is 0.812. The predicted molar refractivity (Wildman–Crippen MR) is 83.7 cm³/mol. The van der Waals surface area contributed by atoms with Gasteiger partial charge in [-0.3, -0.25) is 4.79 Å². The van der Waals surface area contributed by atoms with E-state index < -0.39 is 0 Å². The van der Waals surface area contributed by atoms with Gasteiger partial charge in [0.25, 0.3) is 0 Å². The number of piperazine rings is 1. The molecule has 3 rings (SSSR count). The Kier molecular flexibility index (Phi) is 4.72. The summed E-state index contributed by atoms with van der Waals surface area (Å²) in [6.45, 7) is 4.76. The van der Waals surface area contributed by atoms with Crippen molar-refractivity contribution in [1.82, 2.24) is 14.9 Å². The van der Waals surface area contributed by atoms with Gasteiger partial charge in [-0.1, -0.05) is 0 Å². The molecule has 2 heterocycles. The zero-order chi connectivity index (χ0) is 16.2. The molecule has 1 amide bonds. The van der Waals surface area contributed by atoms with Crippen LogP contribution in [0, 0.1) is 17.2 Å². The number of carbonyl (C=O) groups is 1. The molecule has 2 aliphatic rings. The Hall–Kier alpha value is -2.20. The molecule has 1 atom stereocenters. The Balaban J connectivity index is 1.56. The van der Waals surface area contributed by atoms with Gasteiger partial charge in [-0.05, 0) is 25.7 Å². The van der Waals surface area contributed by atoms with Crippen molar-refractivity contribution in [3.63, 3.8) is 0 Å². The van der Waals surface area contributed by atoms with E-state index in [9.17, 15) is 4.79 Å². The van der Waals surface area contributed by atoms with Gasteiger partial charge in [-0.2, -0.15) is 5.26 Å². The quantitative estimate of drug-likeness (QED) is 0.800. The van der Waals surface area contributed by atoms with Crippen molar-refractivity contribution in [2.24, 2.45) is 5.92 Å². The first-order chi connectivity index (χ1) is 11.2. The molecule has 1 saturated carbocycles. The third-order valence-electron chi connectivity index (χ3n) is 4.31. The van der Waals surface area contributed by atoms with Crippen LogP contribution < -0.4 is 4.90 Å². The molecule has 7 nitrogen and oxygen atoms in total. The number of amides is 1. The van der Waals surface area contributed by atoms with Gasteiger partial charge in [-0.15, -0.1) is 0 Å². The minimum Gasteiger partial charge on any atom is -0.371 e. The average molecular weight is 315 g/mol. The molecule has 0 aromatic carbocycles. The molecule has 1 saturated heterocycles. The second-order valence-corrected chi connectivity index (χ2v) is 6.18. The van der Waals surface area contributed by atoms with Crippen LogP contribution in [0.15, 0.2) is 12.4 Å². The fourth-order valence-electron chi connectivity index (χ4n) is 2.84. The summed E-state index contributed by atoms with van der Waals surface area (Å²) in [5.41, 5.74) is 0.326. The first kappa shape index (κ1) is 15.7. The lowest BCUT2D eigenvalue weighted by molar-refractivity contribution is -0.138. The smallest absolute Gasteiger partial charge is 0.248 e. The van der Waals surface area contributed by atoms with Gasteiger partial charge in [0.15, 0.2) is 11.5 Å². The van der Waals surface area contributed by atoms with Crippen molar-refractivity contribution >= 4 is 11.7 Å². The van der Waals surface area contributed by atoms with Crippen molar-refractivity contribution in [2.75, 3.05) is 37.7 Å². The molecule has 2 fully saturated rings. The second kappa shape index (κ2) is 6.92. The van der Waals surface area contributed by atoms with Crippen molar-refractivity contribution in [3.05, 3.63) is 18.1 Å². The van der Waals surface area contributed by atoms with Crippen LogP contribution in [-0.4, -0.2) is 59.7 Å². The van der Waals surface area contributed by atoms with Crippen molar-refractivity contribution < 1.29 is 9.53 Å². The summed E-state index contributed by atoms with van der Waals surface area (Å²) >= 11 is 0. The van der Waals surface area contributed by atoms with E-state index in [-0.39, 0.29) is 18.6 Å². The number of anilines is 1. The van der Waals surface area contributed by atoms with E-state index in [1.807, 2.05) is 16.7 Å². The fraction of sp³-hybridized carbons (Fsp3) is 0.625. The zero-order valence-corrected chi connectivity index (χ0v) is 13.3. The van der Waals surface area contributed by atoms with Crippen LogP contribution in [0.2, 0.25) is 0 Å². The van der Waals surface area contributed by atoms with Crippen LogP contribution in [0.3, 0.4) is 0 Å². The van der Waals surface area contributed by atoms with Gasteiger partial charge in [0.2, 0.25) is 5.91 Å². The van der Waals surface area contributed by atoms with E-state index in [1.54, 1.807) is 6.20 Å². The van der Waals surface area contributed by atoms with Gasteiger partial charge in [0.05, 0.1) is 6.61 Å². The van der Waals surface area contributed by atoms with E-state index in [1.165, 1.54) is 19.0 Å². The van der Waals surface area contributed by atoms with E-state index in [0.717, 1.165) is 0 Å². The highest BCUT2D eigenvalue weighted by Gasteiger charge is 2.29. The average Bonchev–Trinajstić information content (AvgIpc) is 3.38. The lowest BCUT2D eigenvalue weighted by atomic mass is 10.2. The van der Waals surface area contributed by atoms with Crippen LogP contribution in [0.1, 0.15) is 25.5 Å². The zero-order valence-electron chi connectivity index (χ0n) is 13.3. The summed E-state index contributed by atoms with van der Waals surface area (Å²) in [7, 11) is 0. The first-order valence-electron chi connectivity index (χ1n) is 8.02. The van der Waals surface area contributed by atoms with Crippen molar-refractivity contribution in [3.8, 4) is 6.07 Å². The Labute approximate surface area is 135 Å². The number of aromatic nitrogens is 2. The first-order valence-corrected chi connectivity index (χ1v) is 8.02. The number of nitriles is 1. The largest absolute Gasteiger partial charge is 0.371 e. The molecule has 0 bridgehead atoms. The van der Waals surface area contributed by atoms with Crippen molar-refractivity contribution in [1.29, 1.82) is 5.26 Å². The van der Waals surface area contributed by atoms with Gasteiger partial charge in [0, 0.05) is 38.1 Å². The minimum atomic E-state index is 0.0393. The topological polar surface area (TPSA) is 82.4 Å². The molecule has 0 spiro atoms. The van der Waals surface area contributed by atoms with Gasteiger partial charge in [0.1, 0.15) is 12.7 Å². The third-order valence-corrected chi connectivity index (χ3v) is 4.31. The molecule has 1 aromatic heterocycles. The molecule has 1 aromatic rings. The monoisotopic (exact) mass is 315 g/mol. The summed E-state index contributed by atoms with van der Waals surface area (Å²) in [5, 5.41) is 9.14. The lowest BCUT2D eigenvalue weighted by Gasteiger charge is -2.40. The van der Waals surface area contributed by atoms with E-state index in [4.69, 9.17) is 10.00 Å².